The fourth-order valence-corrected chi connectivity index (χ4v) is 5.17. The highest BCUT2D eigenvalue weighted by atomic mass is 32.2. The van der Waals surface area contributed by atoms with Crippen molar-refractivity contribution in [3.63, 3.8) is 0 Å². The number of fused-ring (bicyclic) bond motifs is 4. The maximum atomic E-state index is 14.7. The van der Waals surface area contributed by atoms with Crippen molar-refractivity contribution >= 4 is 23.5 Å². The highest BCUT2D eigenvalue weighted by Crippen LogP contribution is 2.39. The number of rotatable bonds is 1. The molecule has 0 N–H and O–H groups in total. The number of hydrogen-bond acceptors (Lipinski definition) is 3. The van der Waals surface area contributed by atoms with Gasteiger partial charge in [0.05, 0.1) is 7.11 Å². The van der Waals surface area contributed by atoms with Gasteiger partial charge in [-0.15, -0.1) is 0 Å². The van der Waals surface area contributed by atoms with Crippen LogP contribution >= 0.6 is 23.5 Å². The lowest BCUT2D eigenvalue weighted by molar-refractivity contribution is 0.407. The average Bonchev–Trinajstić information content (AvgIpc) is 2.63. The molecule has 0 saturated carbocycles. The summed E-state index contributed by atoms with van der Waals surface area (Å²) in [5.74, 6) is -4.02. The Bertz CT molecular complexity index is 848. The first-order chi connectivity index (χ1) is 13.1. The predicted molar refractivity (Wildman–Crippen MR) is 108 cm³/mol. The zero-order chi connectivity index (χ0) is 20.6. The summed E-state index contributed by atoms with van der Waals surface area (Å²) in [4.78, 5) is 0. The predicted octanol–water partition coefficient (Wildman–Crippen LogP) is 6.73. The van der Waals surface area contributed by atoms with Gasteiger partial charge in [0.15, 0.2) is 17.5 Å². The molecular weight excluding hydrogens is 408 g/mol. The third kappa shape index (κ3) is 4.01. The molecule has 1 heterocycles. The van der Waals surface area contributed by atoms with E-state index in [-0.39, 0.29) is 16.9 Å². The molecule has 0 saturated heterocycles. The molecule has 1 nitrogen and oxygen atoms in total. The van der Waals surface area contributed by atoms with Gasteiger partial charge in [-0.05, 0) is 11.0 Å². The molecule has 1 aliphatic rings. The Morgan fingerprint density at radius 1 is 0.750 bits per heavy atom. The molecule has 2 aromatic carbocycles. The molecule has 4 bridgehead atoms. The monoisotopic (exact) mass is 430 g/mol. The summed E-state index contributed by atoms with van der Waals surface area (Å²) in [6.07, 6.45) is 0. The minimum atomic E-state index is -1.60. The van der Waals surface area contributed by atoms with Gasteiger partial charge in [-0.2, -0.15) is 23.5 Å². The molecule has 7 heteroatoms. The topological polar surface area (TPSA) is 9.23 Å². The average molecular weight is 431 g/mol. The lowest BCUT2D eigenvalue weighted by Crippen LogP contribution is -2.13. The summed E-state index contributed by atoms with van der Waals surface area (Å²) in [6.45, 7) is 6.33. The summed E-state index contributed by atoms with van der Waals surface area (Å²) in [7, 11) is 1.59. The van der Waals surface area contributed by atoms with Gasteiger partial charge in [0.25, 0.3) is 0 Å². The van der Waals surface area contributed by atoms with E-state index in [1.54, 1.807) is 7.11 Å². The Morgan fingerprint density at radius 2 is 1.21 bits per heavy atom. The second kappa shape index (κ2) is 8.19. The van der Waals surface area contributed by atoms with Crippen LogP contribution < -0.4 is 4.74 Å². The third-order valence-electron chi connectivity index (χ3n) is 4.77. The minimum Gasteiger partial charge on any atom is -0.496 e. The van der Waals surface area contributed by atoms with Crippen molar-refractivity contribution in [2.75, 3.05) is 7.11 Å². The van der Waals surface area contributed by atoms with Crippen molar-refractivity contribution < 1.29 is 22.3 Å². The molecule has 0 spiro atoms. The highest BCUT2D eigenvalue weighted by molar-refractivity contribution is 7.98. The van der Waals surface area contributed by atoms with Crippen LogP contribution in [0.2, 0.25) is 0 Å². The van der Waals surface area contributed by atoms with Crippen molar-refractivity contribution in [3.05, 3.63) is 63.2 Å². The molecule has 0 unspecified atom stereocenters. The van der Waals surface area contributed by atoms with Crippen molar-refractivity contribution in [2.24, 2.45) is 0 Å². The summed E-state index contributed by atoms with van der Waals surface area (Å²) < 4.78 is 62.5. The molecule has 3 rings (SSSR count). The number of ether oxygens (including phenoxy) is 1. The zero-order valence-electron chi connectivity index (χ0n) is 16.2. The van der Waals surface area contributed by atoms with Crippen LogP contribution in [0.25, 0.3) is 0 Å². The first-order valence-electron chi connectivity index (χ1n) is 8.84. The van der Waals surface area contributed by atoms with E-state index in [4.69, 9.17) is 4.74 Å². The van der Waals surface area contributed by atoms with Crippen LogP contribution in [0.15, 0.2) is 12.1 Å². The second-order valence-electron chi connectivity index (χ2n) is 7.78. The number of methoxy groups -OCH3 is 1. The van der Waals surface area contributed by atoms with Crippen LogP contribution in [0.3, 0.4) is 0 Å². The van der Waals surface area contributed by atoms with Crippen molar-refractivity contribution in [1.29, 1.82) is 0 Å². The van der Waals surface area contributed by atoms with Crippen molar-refractivity contribution in [3.8, 4) is 5.75 Å². The Balaban J connectivity index is 2.09. The van der Waals surface area contributed by atoms with Crippen LogP contribution in [0, 0.1) is 23.3 Å². The van der Waals surface area contributed by atoms with Gasteiger partial charge in [0.1, 0.15) is 11.6 Å². The van der Waals surface area contributed by atoms with Crippen molar-refractivity contribution in [2.45, 2.75) is 49.2 Å². The number of thioether (sulfide) groups is 2. The first kappa shape index (κ1) is 21.4. The Kier molecular flexibility index (Phi) is 6.25. The zero-order valence-corrected chi connectivity index (χ0v) is 17.9. The van der Waals surface area contributed by atoms with E-state index in [0.717, 1.165) is 22.4 Å². The molecule has 0 radical (unpaired) electrons. The van der Waals surface area contributed by atoms with E-state index < -0.39 is 34.4 Å². The minimum absolute atomic E-state index is 0.0834. The maximum absolute atomic E-state index is 14.7. The molecular formula is C21H22F4OS2. The Morgan fingerprint density at radius 3 is 1.61 bits per heavy atom. The third-order valence-corrected chi connectivity index (χ3v) is 6.78. The largest absolute Gasteiger partial charge is 0.496 e. The number of halogens is 4. The number of hydrogen-bond donors (Lipinski definition) is 0. The molecule has 0 aliphatic carbocycles. The van der Waals surface area contributed by atoms with Crippen LogP contribution in [0.5, 0.6) is 5.75 Å². The van der Waals surface area contributed by atoms with E-state index in [1.807, 2.05) is 0 Å². The van der Waals surface area contributed by atoms with E-state index in [1.165, 1.54) is 23.5 Å². The van der Waals surface area contributed by atoms with Gasteiger partial charge in [0, 0.05) is 45.3 Å². The van der Waals surface area contributed by atoms with Gasteiger partial charge < -0.3 is 4.74 Å². The van der Waals surface area contributed by atoms with Crippen LogP contribution in [-0.4, -0.2) is 7.11 Å². The highest BCUT2D eigenvalue weighted by Gasteiger charge is 2.26. The standard InChI is InChI=1S/C21H22F4OS2/c1-21(2,3)13-5-11-7-27-9-14-16(22)15(18(24)19(25)17(14)23)10-28-8-12(6-13)20(11)26-4/h5-6H,7-10H2,1-4H3. The molecule has 0 fully saturated rings. The van der Waals surface area contributed by atoms with Crippen LogP contribution in [0.4, 0.5) is 17.6 Å². The smallest absolute Gasteiger partial charge is 0.195 e. The van der Waals surface area contributed by atoms with Crippen molar-refractivity contribution in [1.82, 2.24) is 0 Å². The lowest BCUT2D eigenvalue weighted by atomic mass is 9.85. The Labute approximate surface area is 171 Å². The van der Waals surface area contributed by atoms with E-state index >= 15 is 0 Å². The fourth-order valence-electron chi connectivity index (χ4n) is 3.18. The quantitative estimate of drug-likeness (QED) is 0.282. The van der Waals surface area contributed by atoms with Gasteiger partial charge in [-0.25, -0.2) is 17.6 Å². The molecule has 152 valence electrons. The van der Waals surface area contributed by atoms with Gasteiger partial charge >= 0.3 is 0 Å². The lowest BCUT2D eigenvalue weighted by Gasteiger charge is -2.24. The summed E-state index contributed by atoms with van der Waals surface area (Å²) in [5.41, 5.74) is 2.08. The van der Waals surface area contributed by atoms with E-state index in [2.05, 4.69) is 32.9 Å². The summed E-state index contributed by atoms with van der Waals surface area (Å²) in [6, 6.07) is 4.10. The number of benzene rings is 2. The van der Waals surface area contributed by atoms with Gasteiger partial charge in [0.2, 0.25) is 0 Å². The maximum Gasteiger partial charge on any atom is 0.195 e. The van der Waals surface area contributed by atoms with Crippen LogP contribution in [0.1, 0.15) is 48.6 Å². The van der Waals surface area contributed by atoms with E-state index in [0.29, 0.717) is 11.5 Å². The molecule has 2 aromatic rings. The SMILES string of the molecule is COc1c2cc(C(C)(C)C)cc1CSCc1c(F)c(F)c(F)c(c1F)CSC2. The van der Waals surface area contributed by atoms with Gasteiger partial charge in [-0.1, -0.05) is 32.9 Å². The summed E-state index contributed by atoms with van der Waals surface area (Å²) in [5, 5.41) is 0. The second-order valence-corrected chi connectivity index (χ2v) is 9.75. The first-order valence-corrected chi connectivity index (χ1v) is 11.2. The summed E-state index contributed by atoms with van der Waals surface area (Å²) >= 11 is 2.49. The molecule has 0 amide bonds. The Hall–Kier alpha value is -1.34. The molecule has 0 atom stereocenters. The molecule has 0 aromatic heterocycles. The van der Waals surface area contributed by atoms with E-state index in [9.17, 15) is 17.6 Å². The van der Waals surface area contributed by atoms with Crippen LogP contribution in [-0.2, 0) is 28.4 Å². The normalized spacial score (nSPS) is 15.0. The molecule has 1 aliphatic heterocycles. The molecule has 28 heavy (non-hydrogen) atoms. The fraction of sp³-hybridized carbons (Fsp3) is 0.429. The van der Waals surface area contributed by atoms with Gasteiger partial charge in [-0.3, -0.25) is 0 Å².